The fourth-order valence-corrected chi connectivity index (χ4v) is 4.49. The van der Waals surface area contributed by atoms with Crippen LogP contribution in [0.15, 0.2) is 54.1 Å². The third kappa shape index (κ3) is 3.47. The number of fused-ring (bicyclic) bond motifs is 1. The van der Waals surface area contributed by atoms with Crippen molar-refractivity contribution >= 4 is 27.8 Å². The molecule has 124 valence electrons. The number of aryl methyl sites for hydroxylation is 1. The first-order chi connectivity index (χ1) is 11.9. The normalized spacial score (nSPS) is 18.0. The molecule has 1 atom stereocenters. The van der Waals surface area contributed by atoms with Crippen LogP contribution in [0.3, 0.4) is 0 Å². The molecule has 1 unspecified atom stereocenters. The van der Waals surface area contributed by atoms with Crippen LogP contribution in [0, 0.1) is 0 Å². The molecule has 0 saturated heterocycles. The molecule has 0 bridgehead atoms. The minimum absolute atomic E-state index is 0.634. The maximum Gasteiger partial charge on any atom is 0.0456 e. The van der Waals surface area contributed by atoms with E-state index in [0.717, 1.165) is 6.54 Å². The van der Waals surface area contributed by atoms with Crippen LogP contribution in [0.4, 0.5) is 0 Å². The number of hydrogen-bond acceptors (Lipinski definition) is 2. The Bertz CT molecular complexity index is 813. The zero-order chi connectivity index (χ0) is 16.2. The molecular weight excluding hydrogens is 312 g/mol. The van der Waals surface area contributed by atoms with Crippen LogP contribution in [0.1, 0.15) is 36.1 Å². The SMILES string of the molecule is C1=C(c2cccs2)CC(CCCCc2cccc3[nH]ccc23)NC1. The van der Waals surface area contributed by atoms with Gasteiger partial charge in [0.2, 0.25) is 0 Å². The Morgan fingerprint density at radius 1 is 1.08 bits per heavy atom. The van der Waals surface area contributed by atoms with E-state index in [1.54, 1.807) is 0 Å². The van der Waals surface area contributed by atoms with Gasteiger partial charge in [0.15, 0.2) is 0 Å². The molecule has 0 spiro atoms. The van der Waals surface area contributed by atoms with Gasteiger partial charge in [0.05, 0.1) is 0 Å². The lowest BCUT2D eigenvalue weighted by Gasteiger charge is -2.24. The third-order valence-corrected chi connectivity index (χ3v) is 5.94. The highest BCUT2D eigenvalue weighted by atomic mass is 32.1. The van der Waals surface area contributed by atoms with E-state index in [4.69, 9.17) is 0 Å². The number of H-pyrrole nitrogens is 1. The van der Waals surface area contributed by atoms with Crippen molar-refractivity contribution in [3.8, 4) is 0 Å². The smallest absolute Gasteiger partial charge is 0.0456 e. The van der Waals surface area contributed by atoms with E-state index in [-0.39, 0.29) is 0 Å². The highest BCUT2D eigenvalue weighted by molar-refractivity contribution is 7.11. The van der Waals surface area contributed by atoms with Crippen molar-refractivity contribution in [2.24, 2.45) is 0 Å². The first-order valence-electron chi connectivity index (χ1n) is 8.91. The standard InChI is InChI=1S/C21H24N2S/c1(5-16-6-3-8-20-19(16)11-13-23-20)2-7-18-15-17(10-12-22-18)21-9-4-14-24-21/h3-4,6,8-11,13-14,18,22-23H,1-2,5,7,12,15H2. The molecule has 0 saturated carbocycles. The van der Waals surface area contributed by atoms with Crippen molar-refractivity contribution in [1.82, 2.24) is 10.3 Å². The number of aromatic nitrogens is 1. The van der Waals surface area contributed by atoms with E-state index in [1.165, 1.54) is 59.0 Å². The van der Waals surface area contributed by atoms with Crippen LogP contribution in [0.5, 0.6) is 0 Å². The monoisotopic (exact) mass is 336 g/mol. The summed E-state index contributed by atoms with van der Waals surface area (Å²) in [4.78, 5) is 4.75. The van der Waals surface area contributed by atoms with E-state index in [9.17, 15) is 0 Å². The van der Waals surface area contributed by atoms with Gasteiger partial charge in [-0.1, -0.05) is 30.7 Å². The zero-order valence-corrected chi connectivity index (χ0v) is 14.7. The van der Waals surface area contributed by atoms with Crippen LogP contribution in [-0.2, 0) is 6.42 Å². The zero-order valence-electron chi connectivity index (χ0n) is 13.9. The lowest BCUT2D eigenvalue weighted by Crippen LogP contribution is -2.32. The topological polar surface area (TPSA) is 27.8 Å². The molecule has 1 aliphatic rings. The number of benzene rings is 1. The second-order valence-electron chi connectivity index (χ2n) is 6.62. The summed E-state index contributed by atoms with van der Waals surface area (Å²) < 4.78 is 0. The first-order valence-corrected chi connectivity index (χ1v) is 9.79. The number of nitrogens with one attached hydrogen (secondary N) is 2. The van der Waals surface area contributed by atoms with Gasteiger partial charge in [-0.15, -0.1) is 11.3 Å². The number of aromatic amines is 1. The third-order valence-electron chi connectivity index (χ3n) is 4.99. The molecular formula is C21H24N2S. The van der Waals surface area contributed by atoms with Gasteiger partial charge in [-0.05, 0) is 60.4 Å². The molecule has 4 rings (SSSR count). The molecule has 3 aromatic rings. The van der Waals surface area contributed by atoms with Crippen LogP contribution in [-0.4, -0.2) is 17.6 Å². The Morgan fingerprint density at radius 2 is 2.08 bits per heavy atom. The number of thiophene rings is 1. The summed E-state index contributed by atoms with van der Waals surface area (Å²) in [6.45, 7) is 1.01. The van der Waals surface area contributed by atoms with Crippen LogP contribution < -0.4 is 5.32 Å². The van der Waals surface area contributed by atoms with Gasteiger partial charge >= 0.3 is 0 Å². The summed E-state index contributed by atoms with van der Waals surface area (Å²) >= 11 is 1.86. The summed E-state index contributed by atoms with van der Waals surface area (Å²) in [6.07, 6.45) is 10.6. The molecule has 3 heterocycles. The average molecular weight is 337 g/mol. The molecule has 1 aliphatic heterocycles. The summed E-state index contributed by atoms with van der Waals surface area (Å²) in [5, 5.41) is 7.22. The van der Waals surface area contributed by atoms with Gasteiger partial charge in [-0.25, -0.2) is 0 Å². The van der Waals surface area contributed by atoms with Crippen molar-refractivity contribution in [2.45, 2.75) is 38.1 Å². The molecule has 2 nitrogen and oxygen atoms in total. The van der Waals surface area contributed by atoms with Gasteiger partial charge in [-0.3, -0.25) is 0 Å². The van der Waals surface area contributed by atoms with Gasteiger partial charge in [0.1, 0.15) is 0 Å². The molecule has 1 aromatic carbocycles. The highest BCUT2D eigenvalue weighted by Crippen LogP contribution is 2.28. The Hall–Kier alpha value is -1.84. The van der Waals surface area contributed by atoms with E-state index >= 15 is 0 Å². The van der Waals surface area contributed by atoms with E-state index in [1.807, 2.05) is 17.5 Å². The van der Waals surface area contributed by atoms with E-state index in [0.29, 0.717) is 6.04 Å². The number of unbranched alkanes of at least 4 members (excludes halogenated alkanes) is 1. The minimum Gasteiger partial charge on any atom is -0.361 e. The molecule has 2 N–H and O–H groups in total. The quantitative estimate of drug-likeness (QED) is 0.581. The van der Waals surface area contributed by atoms with Crippen LogP contribution >= 0.6 is 11.3 Å². The molecule has 0 radical (unpaired) electrons. The summed E-state index contributed by atoms with van der Waals surface area (Å²) in [7, 11) is 0. The lowest BCUT2D eigenvalue weighted by molar-refractivity contribution is 0.477. The second-order valence-corrected chi connectivity index (χ2v) is 7.57. The van der Waals surface area contributed by atoms with Crippen molar-refractivity contribution in [2.75, 3.05) is 6.54 Å². The van der Waals surface area contributed by atoms with Crippen molar-refractivity contribution in [3.63, 3.8) is 0 Å². The number of hydrogen-bond donors (Lipinski definition) is 2. The Labute approximate surface area is 147 Å². The van der Waals surface area contributed by atoms with Gasteiger partial charge in [-0.2, -0.15) is 0 Å². The van der Waals surface area contributed by atoms with Gasteiger partial charge in [0, 0.05) is 34.6 Å². The fourth-order valence-electron chi connectivity index (χ4n) is 3.71. The fraction of sp³-hybridized carbons (Fsp3) is 0.333. The second kappa shape index (κ2) is 7.37. The molecule has 0 fully saturated rings. The predicted molar refractivity (Wildman–Crippen MR) is 105 cm³/mol. The van der Waals surface area contributed by atoms with Crippen molar-refractivity contribution in [3.05, 3.63) is 64.5 Å². The van der Waals surface area contributed by atoms with Crippen molar-refractivity contribution in [1.29, 1.82) is 0 Å². The van der Waals surface area contributed by atoms with Gasteiger partial charge in [0.25, 0.3) is 0 Å². The van der Waals surface area contributed by atoms with Crippen molar-refractivity contribution < 1.29 is 0 Å². The first kappa shape index (κ1) is 15.7. The minimum atomic E-state index is 0.634. The Balaban J connectivity index is 1.27. The Morgan fingerprint density at radius 3 is 3.00 bits per heavy atom. The highest BCUT2D eigenvalue weighted by Gasteiger charge is 2.16. The van der Waals surface area contributed by atoms with Gasteiger partial charge < -0.3 is 10.3 Å². The summed E-state index contributed by atoms with van der Waals surface area (Å²) in [6, 6.07) is 13.8. The van der Waals surface area contributed by atoms with E-state index < -0.39 is 0 Å². The van der Waals surface area contributed by atoms with Crippen LogP contribution in [0.25, 0.3) is 16.5 Å². The average Bonchev–Trinajstić information content (AvgIpc) is 3.30. The Kier molecular flexibility index (Phi) is 4.81. The largest absolute Gasteiger partial charge is 0.361 e. The molecule has 3 heteroatoms. The predicted octanol–water partition coefficient (Wildman–Crippen LogP) is 5.39. The number of rotatable bonds is 6. The summed E-state index contributed by atoms with van der Waals surface area (Å²) in [5.41, 5.74) is 4.27. The molecule has 2 aromatic heterocycles. The van der Waals surface area contributed by atoms with Crippen LogP contribution in [0.2, 0.25) is 0 Å². The molecule has 0 amide bonds. The molecule has 0 aliphatic carbocycles. The maximum absolute atomic E-state index is 3.66. The van der Waals surface area contributed by atoms with E-state index in [2.05, 4.69) is 58.2 Å². The summed E-state index contributed by atoms with van der Waals surface area (Å²) in [5.74, 6) is 0. The lowest BCUT2D eigenvalue weighted by atomic mass is 9.95. The maximum atomic E-state index is 3.66. The molecule has 24 heavy (non-hydrogen) atoms.